The number of amides is 1. The summed E-state index contributed by atoms with van der Waals surface area (Å²) in [7, 11) is 0. The van der Waals surface area contributed by atoms with Crippen molar-refractivity contribution in [1.82, 2.24) is 10.3 Å². The minimum atomic E-state index is -0.507. The number of fused-ring (bicyclic) bond motifs is 1. The topological polar surface area (TPSA) is 72.2 Å². The molecule has 0 fully saturated rings. The molecule has 3 heterocycles. The van der Waals surface area contributed by atoms with E-state index in [2.05, 4.69) is 26.2 Å². The fourth-order valence-electron chi connectivity index (χ4n) is 2.13. The van der Waals surface area contributed by atoms with E-state index in [9.17, 15) is 9.59 Å². The Bertz CT molecular complexity index is 987. The maximum atomic E-state index is 12.1. The zero-order chi connectivity index (χ0) is 17.3. The van der Waals surface area contributed by atoms with Crippen molar-refractivity contribution in [3.8, 4) is 0 Å². The van der Waals surface area contributed by atoms with Gasteiger partial charge in [0.05, 0.1) is 9.17 Å². The van der Waals surface area contributed by atoms with Crippen molar-refractivity contribution < 1.29 is 9.21 Å². The van der Waals surface area contributed by atoms with Crippen LogP contribution in [0.1, 0.15) is 30.0 Å². The maximum Gasteiger partial charge on any atom is 0.348 e. The predicted molar refractivity (Wildman–Crippen MR) is 101 cm³/mol. The highest BCUT2D eigenvalue weighted by Gasteiger charge is 2.16. The van der Waals surface area contributed by atoms with E-state index in [0.717, 1.165) is 14.9 Å². The van der Waals surface area contributed by atoms with Gasteiger partial charge in [-0.2, -0.15) is 0 Å². The van der Waals surface area contributed by atoms with E-state index in [-0.39, 0.29) is 11.8 Å². The van der Waals surface area contributed by atoms with Crippen LogP contribution in [-0.2, 0) is 4.79 Å². The molecule has 0 spiro atoms. The van der Waals surface area contributed by atoms with E-state index in [1.54, 1.807) is 24.3 Å². The van der Waals surface area contributed by atoms with Crippen LogP contribution in [0.15, 0.2) is 35.9 Å². The van der Waals surface area contributed by atoms with Crippen LogP contribution in [0.25, 0.3) is 16.3 Å². The van der Waals surface area contributed by atoms with E-state index in [1.807, 2.05) is 23.8 Å². The normalized spacial score (nSPS) is 12.8. The second kappa shape index (κ2) is 7.00. The number of thiophene rings is 2. The lowest BCUT2D eigenvalue weighted by atomic mass is 10.2. The zero-order valence-corrected chi connectivity index (χ0v) is 16.0. The van der Waals surface area contributed by atoms with Crippen molar-refractivity contribution in [2.45, 2.75) is 19.9 Å². The van der Waals surface area contributed by atoms with Gasteiger partial charge in [0.15, 0.2) is 0 Å². The van der Waals surface area contributed by atoms with Crippen LogP contribution >= 0.6 is 38.6 Å². The van der Waals surface area contributed by atoms with Crippen molar-refractivity contribution in [3.63, 3.8) is 0 Å². The van der Waals surface area contributed by atoms with Gasteiger partial charge in [0.25, 0.3) is 0 Å². The lowest BCUT2D eigenvalue weighted by molar-refractivity contribution is -0.117. The molecule has 0 aliphatic rings. The van der Waals surface area contributed by atoms with E-state index >= 15 is 0 Å². The van der Waals surface area contributed by atoms with E-state index in [1.165, 1.54) is 17.4 Å². The molecule has 8 heteroatoms. The van der Waals surface area contributed by atoms with E-state index < -0.39 is 11.7 Å². The number of rotatable bonds is 4. The number of hydrogen-bond acceptors (Lipinski definition) is 6. The van der Waals surface area contributed by atoms with E-state index in [4.69, 9.17) is 4.42 Å². The first-order valence-corrected chi connectivity index (χ1v) is 9.61. The average molecular weight is 425 g/mol. The number of aromatic nitrogens is 1. The number of hydrogen-bond donors (Lipinski definition) is 1. The quantitative estimate of drug-likeness (QED) is 0.634. The summed E-state index contributed by atoms with van der Waals surface area (Å²) in [5.74, 6) is -0.0830. The summed E-state index contributed by atoms with van der Waals surface area (Å²) in [6, 6.07) is 1.41. The highest BCUT2D eigenvalue weighted by atomic mass is 79.9. The molecule has 0 aromatic carbocycles. The molecule has 1 unspecified atom stereocenters. The molecule has 0 saturated heterocycles. The summed E-state index contributed by atoms with van der Waals surface area (Å²) in [5, 5.41) is 7.05. The highest BCUT2D eigenvalue weighted by molar-refractivity contribution is 9.11. The van der Waals surface area contributed by atoms with Crippen LogP contribution in [0.3, 0.4) is 0 Å². The van der Waals surface area contributed by atoms with Crippen LogP contribution in [0.2, 0.25) is 0 Å². The van der Waals surface area contributed by atoms with Gasteiger partial charge in [-0.25, -0.2) is 9.78 Å². The third kappa shape index (κ3) is 3.50. The van der Waals surface area contributed by atoms with Crippen LogP contribution in [0, 0.1) is 6.92 Å². The molecule has 3 aromatic rings. The summed E-state index contributed by atoms with van der Waals surface area (Å²) < 4.78 is 6.22. The molecular weight excluding hydrogens is 412 g/mol. The van der Waals surface area contributed by atoms with Crippen molar-refractivity contribution in [1.29, 1.82) is 0 Å². The fraction of sp³-hybridized carbons (Fsp3) is 0.188. The molecule has 0 aliphatic carbocycles. The minimum Gasteiger partial charge on any atom is -0.406 e. The van der Waals surface area contributed by atoms with Gasteiger partial charge in [0.2, 0.25) is 11.8 Å². The first-order valence-electron chi connectivity index (χ1n) is 7.06. The number of carbonyl (C=O) groups is 1. The van der Waals surface area contributed by atoms with Crippen LogP contribution in [-0.4, -0.2) is 10.9 Å². The van der Waals surface area contributed by atoms with Gasteiger partial charge in [-0.15, -0.1) is 22.7 Å². The molecular formula is C16H13BrN2O3S2. The van der Waals surface area contributed by atoms with Crippen LogP contribution < -0.4 is 10.9 Å². The number of aryl methyl sites for hydroxylation is 1. The lowest BCUT2D eigenvalue weighted by Crippen LogP contribution is -2.26. The summed E-state index contributed by atoms with van der Waals surface area (Å²) in [5.41, 5.74) is 1.36. The second-order valence-electron chi connectivity index (χ2n) is 5.15. The lowest BCUT2D eigenvalue weighted by Gasteiger charge is -2.10. The Hall–Kier alpha value is -1.77. The Morgan fingerprint density at radius 1 is 1.46 bits per heavy atom. The van der Waals surface area contributed by atoms with Gasteiger partial charge < -0.3 is 9.73 Å². The Morgan fingerprint density at radius 2 is 2.25 bits per heavy atom. The molecule has 3 aromatic heterocycles. The average Bonchev–Trinajstić information content (AvgIpc) is 3.11. The molecule has 124 valence electrons. The van der Waals surface area contributed by atoms with Gasteiger partial charge in [0, 0.05) is 6.08 Å². The van der Waals surface area contributed by atoms with Gasteiger partial charge in [0.1, 0.15) is 10.9 Å². The fourth-order valence-corrected chi connectivity index (χ4v) is 4.23. The largest absolute Gasteiger partial charge is 0.406 e. The number of carbonyl (C=O) groups excluding carboxylic acids is 1. The molecule has 3 rings (SSSR count). The molecule has 5 nitrogen and oxygen atoms in total. The Morgan fingerprint density at radius 3 is 2.96 bits per heavy atom. The predicted octanol–water partition coefficient (Wildman–Crippen LogP) is 4.27. The molecule has 0 radical (unpaired) electrons. The summed E-state index contributed by atoms with van der Waals surface area (Å²) in [6.07, 6.45) is 3.16. The number of nitrogens with one attached hydrogen (secondary N) is 1. The molecule has 0 bridgehead atoms. The zero-order valence-electron chi connectivity index (χ0n) is 12.8. The minimum absolute atomic E-state index is 0.202. The number of nitrogens with zero attached hydrogens (tertiary/aromatic N) is 1. The third-order valence-electron chi connectivity index (χ3n) is 3.36. The van der Waals surface area contributed by atoms with Crippen molar-refractivity contribution in [3.05, 3.63) is 54.1 Å². The van der Waals surface area contributed by atoms with E-state index in [0.29, 0.717) is 10.2 Å². The standard InChI is InChI=1S/C16H13BrN2O3S2/c1-8-7-24-15-12(8)16(21)22-14(19-15)9(2)18-11(20)4-3-10-5-6-23-13(10)17/h3-7,9H,1-2H3,(H,18,20)/b4-3+. The molecule has 1 N–H and O–H groups in total. The van der Waals surface area contributed by atoms with Gasteiger partial charge in [-0.05, 0) is 63.8 Å². The summed E-state index contributed by atoms with van der Waals surface area (Å²) >= 11 is 6.35. The first kappa shape index (κ1) is 17.1. The Balaban J connectivity index is 1.76. The molecule has 1 amide bonds. The van der Waals surface area contributed by atoms with Crippen molar-refractivity contribution >= 4 is 60.8 Å². The molecule has 1 atom stereocenters. The molecule has 0 aliphatic heterocycles. The maximum absolute atomic E-state index is 12.1. The SMILES string of the molecule is Cc1csc2nc(C(C)NC(=O)/C=C/c3ccsc3Br)oc(=O)c12. The second-order valence-corrected chi connectivity index (χ2v) is 8.24. The van der Waals surface area contributed by atoms with Crippen LogP contribution in [0.4, 0.5) is 0 Å². The van der Waals surface area contributed by atoms with Gasteiger partial charge >= 0.3 is 5.63 Å². The Kier molecular flexibility index (Phi) is 4.98. The van der Waals surface area contributed by atoms with Gasteiger partial charge in [-0.1, -0.05) is 0 Å². The van der Waals surface area contributed by atoms with Crippen molar-refractivity contribution in [2.75, 3.05) is 0 Å². The monoisotopic (exact) mass is 424 g/mol. The Labute approximate surface area is 154 Å². The molecule has 0 saturated carbocycles. The smallest absolute Gasteiger partial charge is 0.348 e. The van der Waals surface area contributed by atoms with Crippen molar-refractivity contribution in [2.24, 2.45) is 0 Å². The molecule has 24 heavy (non-hydrogen) atoms. The van der Waals surface area contributed by atoms with Crippen LogP contribution in [0.5, 0.6) is 0 Å². The highest BCUT2D eigenvalue weighted by Crippen LogP contribution is 2.24. The number of halogens is 1. The third-order valence-corrected chi connectivity index (χ3v) is 6.08. The first-order chi connectivity index (χ1) is 11.5. The summed E-state index contributed by atoms with van der Waals surface area (Å²) in [6.45, 7) is 3.57. The van der Waals surface area contributed by atoms with Gasteiger partial charge in [-0.3, -0.25) is 4.79 Å². The summed E-state index contributed by atoms with van der Waals surface area (Å²) in [4.78, 5) is 29.1.